The number of carbonyl (C=O) groups is 1. The second-order valence-electron chi connectivity index (χ2n) is 4.62. The topological polar surface area (TPSA) is 43.1 Å². The smallest absolute Gasteiger partial charge is 0.139 e. The molecule has 1 rings (SSSR count). The average molecular weight is 227 g/mol. The van der Waals surface area contributed by atoms with Crippen LogP contribution < -0.4 is 5.73 Å². The minimum atomic E-state index is -0.692. The molecule has 1 aromatic rings. The number of carbonyl (C=O) groups excluding carboxylic acids is 1. The largest absolute Gasteiger partial charge is 0.325 e. The maximum atomic E-state index is 13.2. The van der Waals surface area contributed by atoms with E-state index in [0.717, 1.165) is 12.1 Å². The summed E-state index contributed by atoms with van der Waals surface area (Å²) in [6.07, 6.45) is 0.122. The van der Waals surface area contributed by atoms with E-state index in [1.54, 1.807) is 13.8 Å². The van der Waals surface area contributed by atoms with Crippen molar-refractivity contribution in [2.45, 2.75) is 32.2 Å². The van der Waals surface area contributed by atoms with Gasteiger partial charge in [-0.25, -0.2) is 8.78 Å². The van der Waals surface area contributed by atoms with Crippen molar-refractivity contribution in [1.29, 1.82) is 0 Å². The third-order valence-electron chi connectivity index (χ3n) is 2.06. The molecule has 0 saturated heterocycles. The van der Waals surface area contributed by atoms with E-state index in [1.165, 1.54) is 6.07 Å². The summed E-state index contributed by atoms with van der Waals surface area (Å²) in [5, 5.41) is 0. The molecule has 0 radical (unpaired) electrons. The van der Waals surface area contributed by atoms with Crippen molar-refractivity contribution in [3.63, 3.8) is 0 Å². The molecule has 0 amide bonds. The van der Waals surface area contributed by atoms with E-state index in [-0.39, 0.29) is 24.2 Å². The fraction of sp³-hybridized carbons (Fsp3) is 0.417. The van der Waals surface area contributed by atoms with Gasteiger partial charge in [-0.3, -0.25) is 4.79 Å². The Balaban J connectivity index is 2.70. The average Bonchev–Trinajstić information content (AvgIpc) is 2.06. The minimum absolute atomic E-state index is 0.0489. The Morgan fingerprint density at radius 3 is 2.50 bits per heavy atom. The number of Topliss-reactive ketones (excluding diaryl/α,β-unsaturated/α-hetero) is 1. The van der Waals surface area contributed by atoms with Crippen molar-refractivity contribution < 1.29 is 13.6 Å². The van der Waals surface area contributed by atoms with E-state index in [2.05, 4.69) is 0 Å². The summed E-state index contributed by atoms with van der Waals surface area (Å²) in [5.74, 6) is -1.49. The number of ketones is 1. The molecule has 0 fully saturated rings. The Bertz CT molecular complexity index is 396. The van der Waals surface area contributed by atoms with Gasteiger partial charge >= 0.3 is 0 Å². The van der Waals surface area contributed by atoms with Crippen LogP contribution in [0, 0.1) is 11.6 Å². The van der Waals surface area contributed by atoms with Crippen LogP contribution in [-0.4, -0.2) is 11.3 Å². The Morgan fingerprint density at radius 1 is 1.38 bits per heavy atom. The van der Waals surface area contributed by atoms with Crippen molar-refractivity contribution in [3.8, 4) is 0 Å². The molecule has 2 nitrogen and oxygen atoms in total. The quantitative estimate of drug-likeness (QED) is 0.856. The molecular formula is C12H15F2NO. The van der Waals surface area contributed by atoms with Crippen LogP contribution in [0.2, 0.25) is 0 Å². The maximum Gasteiger partial charge on any atom is 0.139 e. The molecule has 2 N–H and O–H groups in total. The van der Waals surface area contributed by atoms with Gasteiger partial charge in [0.15, 0.2) is 0 Å². The van der Waals surface area contributed by atoms with Crippen molar-refractivity contribution in [3.05, 3.63) is 35.4 Å². The highest BCUT2D eigenvalue weighted by Gasteiger charge is 2.17. The second-order valence-corrected chi connectivity index (χ2v) is 4.62. The highest BCUT2D eigenvalue weighted by molar-refractivity contribution is 5.81. The van der Waals surface area contributed by atoms with E-state index < -0.39 is 17.2 Å². The third kappa shape index (κ3) is 4.06. The standard InChI is InChI=1S/C12H15F2NO/c1-12(2,15)7-10(16)5-8-3-4-9(13)6-11(8)14/h3-4,6H,5,7,15H2,1-2H3. The fourth-order valence-electron chi connectivity index (χ4n) is 1.45. The van der Waals surface area contributed by atoms with Crippen LogP contribution in [0.15, 0.2) is 18.2 Å². The Labute approximate surface area is 93.5 Å². The molecule has 0 heterocycles. The van der Waals surface area contributed by atoms with E-state index in [9.17, 15) is 13.6 Å². The summed E-state index contributed by atoms with van der Waals surface area (Å²) < 4.78 is 25.8. The van der Waals surface area contributed by atoms with Gasteiger partial charge < -0.3 is 5.73 Å². The van der Waals surface area contributed by atoms with Crippen LogP contribution >= 0.6 is 0 Å². The second kappa shape index (κ2) is 4.70. The van der Waals surface area contributed by atoms with Crippen LogP contribution in [-0.2, 0) is 11.2 Å². The van der Waals surface area contributed by atoms with Gasteiger partial charge in [0, 0.05) is 24.4 Å². The first-order valence-electron chi connectivity index (χ1n) is 5.02. The molecule has 88 valence electrons. The van der Waals surface area contributed by atoms with Crippen LogP contribution in [0.3, 0.4) is 0 Å². The highest BCUT2D eigenvalue weighted by Crippen LogP contribution is 2.13. The molecular weight excluding hydrogens is 212 g/mol. The first kappa shape index (κ1) is 12.8. The summed E-state index contributed by atoms with van der Waals surface area (Å²) >= 11 is 0. The van der Waals surface area contributed by atoms with E-state index in [4.69, 9.17) is 5.73 Å². The molecule has 0 bridgehead atoms. The zero-order valence-electron chi connectivity index (χ0n) is 9.39. The SMILES string of the molecule is CC(C)(N)CC(=O)Cc1ccc(F)cc1F. The summed E-state index contributed by atoms with van der Waals surface area (Å²) in [5.41, 5.74) is 5.28. The molecule has 4 heteroatoms. The normalized spacial score (nSPS) is 11.6. The zero-order valence-corrected chi connectivity index (χ0v) is 9.39. The Hall–Kier alpha value is -1.29. The minimum Gasteiger partial charge on any atom is -0.325 e. The lowest BCUT2D eigenvalue weighted by molar-refractivity contribution is -0.119. The number of rotatable bonds is 4. The molecule has 0 unspecified atom stereocenters. The van der Waals surface area contributed by atoms with E-state index in [0.29, 0.717) is 0 Å². The molecule has 0 aromatic heterocycles. The van der Waals surface area contributed by atoms with Gasteiger partial charge in [0.2, 0.25) is 0 Å². The lowest BCUT2D eigenvalue weighted by Crippen LogP contribution is -2.35. The van der Waals surface area contributed by atoms with Crippen molar-refractivity contribution in [2.24, 2.45) is 5.73 Å². The molecule has 1 aromatic carbocycles. The molecule has 0 spiro atoms. The van der Waals surface area contributed by atoms with E-state index >= 15 is 0 Å². The number of halogens is 2. The Morgan fingerprint density at radius 2 is 2.00 bits per heavy atom. The zero-order chi connectivity index (χ0) is 12.3. The number of hydrogen-bond acceptors (Lipinski definition) is 2. The number of nitrogens with two attached hydrogens (primary N) is 1. The summed E-state index contributed by atoms with van der Waals surface area (Å²) in [6, 6.07) is 3.20. The molecule has 0 aliphatic heterocycles. The molecule has 0 atom stereocenters. The van der Waals surface area contributed by atoms with Crippen LogP contribution in [0.25, 0.3) is 0 Å². The summed E-state index contributed by atoms with van der Waals surface area (Å²) in [6.45, 7) is 3.46. The summed E-state index contributed by atoms with van der Waals surface area (Å²) in [7, 11) is 0. The predicted molar refractivity (Wildman–Crippen MR) is 58.0 cm³/mol. The van der Waals surface area contributed by atoms with Gasteiger partial charge in [0.1, 0.15) is 17.4 Å². The van der Waals surface area contributed by atoms with E-state index in [1.807, 2.05) is 0 Å². The van der Waals surface area contributed by atoms with Gasteiger partial charge in [-0.15, -0.1) is 0 Å². The van der Waals surface area contributed by atoms with Gasteiger partial charge in [-0.2, -0.15) is 0 Å². The lowest BCUT2D eigenvalue weighted by atomic mass is 9.95. The molecule has 0 saturated carbocycles. The Kier molecular flexibility index (Phi) is 3.75. The highest BCUT2D eigenvalue weighted by atomic mass is 19.1. The monoisotopic (exact) mass is 227 g/mol. The number of benzene rings is 1. The van der Waals surface area contributed by atoms with Gasteiger partial charge in [-0.1, -0.05) is 6.07 Å². The van der Waals surface area contributed by atoms with Gasteiger partial charge in [0.05, 0.1) is 0 Å². The van der Waals surface area contributed by atoms with Gasteiger partial charge in [0.25, 0.3) is 0 Å². The third-order valence-corrected chi connectivity index (χ3v) is 2.06. The van der Waals surface area contributed by atoms with Crippen molar-refractivity contribution >= 4 is 5.78 Å². The predicted octanol–water partition coefficient (Wildman–Crippen LogP) is 2.20. The first-order chi connectivity index (χ1) is 7.28. The molecule has 16 heavy (non-hydrogen) atoms. The summed E-state index contributed by atoms with van der Waals surface area (Å²) in [4.78, 5) is 11.5. The van der Waals surface area contributed by atoms with Crippen LogP contribution in [0.5, 0.6) is 0 Å². The molecule has 0 aliphatic rings. The number of hydrogen-bond donors (Lipinski definition) is 1. The maximum absolute atomic E-state index is 13.2. The van der Waals surface area contributed by atoms with Crippen molar-refractivity contribution in [2.75, 3.05) is 0 Å². The lowest BCUT2D eigenvalue weighted by Gasteiger charge is -2.17. The van der Waals surface area contributed by atoms with Crippen LogP contribution in [0.1, 0.15) is 25.8 Å². The molecule has 0 aliphatic carbocycles. The van der Waals surface area contributed by atoms with Gasteiger partial charge in [-0.05, 0) is 25.5 Å². The fourth-order valence-corrected chi connectivity index (χ4v) is 1.45. The first-order valence-corrected chi connectivity index (χ1v) is 5.02. The van der Waals surface area contributed by atoms with Crippen molar-refractivity contribution in [1.82, 2.24) is 0 Å². The van der Waals surface area contributed by atoms with Crippen LogP contribution in [0.4, 0.5) is 8.78 Å².